The molecule has 7 nitrogen and oxygen atoms in total. The summed E-state index contributed by atoms with van der Waals surface area (Å²) in [6.07, 6.45) is 4.89. The number of amides is 1. The summed E-state index contributed by atoms with van der Waals surface area (Å²) < 4.78 is 1.58. The molecular weight excluding hydrogens is 270 g/mol. The number of fused-ring (bicyclic) bond motifs is 1. The Morgan fingerprint density at radius 1 is 1.33 bits per heavy atom. The summed E-state index contributed by atoms with van der Waals surface area (Å²) in [6, 6.07) is 0. The number of hydrogen-bond acceptors (Lipinski definition) is 5. The van der Waals surface area contributed by atoms with Crippen LogP contribution in [-0.2, 0) is 6.42 Å². The van der Waals surface area contributed by atoms with E-state index in [1.807, 2.05) is 20.8 Å². The van der Waals surface area contributed by atoms with Crippen molar-refractivity contribution in [3.63, 3.8) is 0 Å². The second-order valence-electron chi connectivity index (χ2n) is 5.04. The lowest BCUT2D eigenvalue weighted by Crippen LogP contribution is -2.50. The number of aliphatic hydroxyl groups is 1. The van der Waals surface area contributed by atoms with Crippen molar-refractivity contribution in [2.75, 3.05) is 6.61 Å². The third-order valence-electron chi connectivity index (χ3n) is 4.02. The van der Waals surface area contributed by atoms with Gasteiger partial charge >= 0.3 is 0 Å². The fourth-order valence-electron chi connectivity index (χ4n) is 2.35. The van der Waals surface area contributed by atoms with Gasteiger partial charge in [0.15, 0.2) is 0 Å². The summed E-state index contributed by atoms with van der Waals surface area (Å²) in [6.45, 7) is 5.75. The predicted octanol–water partition coefficient (Wildman–Crippen LogP) is 0.968. The summed E-state index contributed by atoms with van der Waals surface area (Å²) in [5.41, 5.74) is 0.628. The van der Waals surface area contributed by atoms with E-state index in [0.717, 1.165) is 5.69 Å². The Kier molecular flexibility index (Phi) is 4.52. The lowest BCUT2D eigenvalue weighted by atomic mass is 9.93. The van der Waals surface area contributed by atoms with Gasteiger partial charge in [-0.25, -0.2) is 9.50 Å². The second kappa shape index (κ2) is 6.17. The van der Waals surface area contributed by atoms with E-state index >= 15 is 0 Å². The Morgan fingerprint density at radius 2 is 2.05 bits per heavy atom. The van der Waals surface area contributed by atoms with Crippen LogP contribution in [0, 0.1) is 0 Å². The molecule has 0 aromatic carbocycles. The number of aromatic nitrogens is 4. The summed E-state index contributed by atoms with van der Waals surface area (Å²) in [5.74, 6) is 0.234. The van der Waals surface area contributed by atoms with Crippen LogP contribution < -0.4 is 5.32 Å². The summed E-state index contributed by atoms with van der Waals surface area (Å²) in [5, 5.41) is 16.6. The van der Waals surface area contributed by atoms with Gasteiger partial charge in [0, 0.05) is 6.20 Å². The normalized spacial score (nSPS) is 11.8. The quantitative estimate of drug-likeness (QED) is 0.827. The smallest absolute Gasteiger partial charge is 0.255 e. The molecule has 2 rings (SSSR count). The van der Waals surface area contributed by atoms with Crippen molar-refractivity contribution in [3.05, 3.63) is 23.8 Å². The van der Waals surface area contributed by atoms with Gasteiger partial charge in [-0.05, 0) is 19.3 Å². The zero-order valence-corrected chi connectivity index (χ0v) is 12.6. The molecule has 2 N–H and O–H groups in total. The van der Waals surface area contributed by atoms with Gasteiger partial charge in [0.05, 0.1) is 23.4 Å². The van der Waals surface area contributed by atoms with Crippen LogP contribution >= 0.6 is 0 Å². The van der Waals surface area contributed by atoms with Crippen molar-refractivity contribution in [2.45, 2.75) is 45.6 Å². The molecule has 2 heterocycles. The summed E-state index contributed by atoms with van der Waals surface area (Å²) in [4.78, 5) is 20.7. The SMILES string of the molecule is CCc1c(C(=O)NC(CC)(CC)CO)cnc2ncnn12. The van der Waals surface area contributed by atoms with Gasteiger partial charge in [0.1, 0.15) is 6.33 Å². The van der Waals surface area contributed by atoms with Gasteiger partial charge < -0.3 is 10.4 Å². The van der Waals surface area contributed by atoms with Crippen LogP contribution in [0.5, 0.6) is 0 Å². The molecule has 0 aliphatic carbocycles. The van der Waals surface area contributed by atoms with Crippen molar-refractivity contribution in [1.29, 1.82) is 0 Å². The Morgan fingerprint density at radius 3 is 2.62 bits per heavy atom. The molecule has 0 atom stereocenters. The lowest BCUT2D eigenvalue weighted by Gasteiger charge is -2.31. The topological polar surface area (TPSA) is 92.4 Å². The average Bonchev–Trinajstić information content (AvgIpc) is 3.00. The predicted molar refractivity (Wildman–Crippen MR) is 78.0 cm³/mol. The molecular formula is C14H21N5O2. The summed E-state index contributed by atoms with van der Waals surface area (Å²) >= 11 is 0. The number of aliphatic hydroxyl groups excluding tert-OH is 1. The Labute approximate surface area is 123 Å². The fraction of sp³-hybridized carbons (Fsp3) is 0.571. The number of carbonyl (C=O) groups is 1. The monoisotopic (exact) mass is 291 g/mol. The maximum absolute atomic E-state index is 12.6. The minimum absolute atomic E-state index is 0.0911. The average molecular weight is 291 g/mol. The maximum atomic E-state index is 12.6. The highest BCUT2D eigenvalue weighted by atomic mass is 16.3. The molecule has 0 spiro atoms. The largest absolute Gasteiger partial charge is 0.394 e. The van der Waals surface area contributed by atoms with Gasteiger partial charge in [-0.1, -0.05) is 20.8 Å². The number of aryl methyl sites for hydroxylation is 1. The van der Waals surface area contributed by atoms with Gasteiger partial charge in [-0.2, -0.15) is 10.1 Å². The van der Waals surface area contributed by atoms with Crippen LogP contribution in [0.3, 0.4) is 0 Å². The number of nitrogens with zero attached hydrogens (tertiary/aromatic N) is 4. The van der Waals surface area contributed by atoms with Gasteiger partial charge in [0.2, 0.25) is 0 Å². The van der Waals surface area contributed by atoms with Crippen LogP contribution in [0.4, 0.5) is 0 Å². The zero-order chi connectivity index (χ0) is 15.5. The van der Waals surface area contributed by atoms with Crippen molar-refractivity contribution in [1.82, 2.24) is 24.9 Å². The number of carbonyl (C=O) groups excluding carboxylic acids is 1. The molecule has 2 aromatic rings. The molecule has 0 bridgehead atoms. The molecule has 0 aliphatic rings. The fourth-order valence-corrected chi connectivity index (χ4v) is 2.35. The van der Waals surface area contributed by atoms with Crippen LogP contribution in [-0.4, -0.2) is 42.7 Å². The van der Waals surface area contributed by atoms with Crippen LogP contribution in [0.15, 0.2) is 12.5 Å². The molecule has 0 radical (unpaired) electrons. The third-order valence-corrected chi connectivity index (χ3v) is 4.02. The first-order valence-electron chi connectivity index (χ1n) is 7.21. The van der Waals surface area contributed by atoms with E-state index in [2.05, 4.69) is 20.4 Å². The van der Waals surface area contributed by atoms with Crippen LogP contribution in [0.25, 0.3) is 5.78 Å². The standard InChI is InChI=1S/C14H21N5O2/c1-4-11-10(7-15-13-16-9-17-19(11)13)12(21)18-14(5-2,6-3)8-20/h7,9,20H,4-6,8H2,1-3H3,(H,18,21). The van der Waals surface area contributed by atoms with Gasteiger partial charge in [-0.3, -0.25) is 4.79 Å². The maximum Gasteiger partial charge on any atom is 0.255 e. The molecule has 0 saturated heterocycles. The Bertz CT molecular complexity index is 625. The van der Waals surface area contributed by atoms with Crippen molar-refractivity contribution < 1.29 is 9.90 Å². The first kappa shape index (κ1) is 15.4. The minimum Gasteiger partial charge on any atom is -0.394 e. The highest BCUT2D eigenvalue weighted by Gasteiger charge is 2.29. The molecule has 7 heteroatoms. The zero-order valence-electron chi connectivity index (χ0n) is 12.6. The molecule has 1 amide bonds. The molecule has 0 fully saturated rings. The van der Waals surface area contributed by atoms with Crippen LogP contribution in [0.1, 0.15) is 49.7 Å². The first-order chi connectivity index (χ1) is 10.1. The summed E-state index contributed by atoms with van der Waals surface area (Å²) in [7, 11) is 0. The third kappa shape index (κ3) is 2.73. The molecule has 0 unspecified atom stereocenters. The number of hydrogen-bond donors (Lipinski definition) is 2. The van der Waals surface area contributed by atoms with E-state index in [0.29, 0.717) is 30.6 Å². The van der Waals surface area contributed by atoms with E-state index in [4.69, 9.17) is 0 Å². The van der Waals surface area contributed by atoms with Crippen molar-refractivity contribution >= 4 is 11.7 Å². The van der Waals surface area contributed by atoms with Gasteiger partial charge in [-0.15, -0.1) is 0 Å². The first-order valence-corrected chi connectivity index (χ1v) is 7.21. The minimum atomic E-state index is -0.598. The van der Waals surface area contributed by atoms with E-state index in [1.165, 1.54) is 12.5 Å². The Hall–Kier alpha value is -2.02. The molecule has 0 aliphatic heterocycles. The van der Waals surface area contributed by atoms with Crippen LogP contribution in [0.2, 0.25) is 0 Å². The highest BCUT2D eigenvalue weighted by molar-refractivity contribution is 5.95. The molecule has 21 heavy (non-hydrogen) atoms. The highest BCUT2D eigenvalue weighted by Crippen LogP contribution is 2.17. The van der Waals surface area contributed by atoms with Crippen molar-refractivity contribution in [3.8, 4) is 0 Å². The Balaban J connectivity index is 2.39. The van der Waals surface area contributed by atoms with Gasteiger partial charge in [0.25, 0.3) is 11.7 Å². The molecule has 2 aromatic heterocycles. The van der Waals surface area contributed by atoms with E-state index in [-0.39, 0.29) is 12.5 Å². The molecule has 114 valence electrons. The number of rotatable bonds is 6. The van der Waals surface area contributed by atoms with E-state index in [1.54, 1.807) is 4.52 Å². The second-order valence-corrected chi connectivity index (χ2v) is 5.04. The van der Waals surface area contributed by atoms with E-state index in [9.17, 15) is 9.90 Å². The van der Waals surface area contributed by atoms with Crippen molar-refractivity contribution in [2.24, 2.45) is 0 Å². The van der Waals surface area contributed by atoms with E-state index < -0.39 is 5.54 Å². The lowest BCUT2D eigenvalue weighted by molar-refractivity contribution is 0.0816. The molecule has 0 saturated carbocycles. The number of nitrogens with one attached hydrogen (secondary N) is 1.